The van der Waals surface area contributed by atoms with Crippen LogP contribution in [0.25, 0.3) is 0 Å². The van der Waals surface area contributed by atoms with E-state index in [-0.39, 0.29) is 0 Å². The van der Waals surface area contributed by atoms with Gasteiger partial charge in [-0.3, -0.25) is 9.80 Å². The van der Waals surface area contributed by atoms with Gasteiger partial charge in [-0.15, -0.1) is 0 Å². The van der Waals surface area contributed by atoms with E-state index in [1.807, 2.05) is 0 Å². The number of hydrogen-bond donors (Lipinski definition) is 0. The van der Waals surface area contributed by atoms with Crippen LogP contribution < -0.4 is 0 Å². The zero-order valence-corrected chi connectivity index (χ0v) is 24.2. The quantitative estimate of drug-likeness (QED) is 0.401. The maximum Gasteiger partial charge on any atom is 0.133 e. The summed E-state index contributed by atoms with van der Waals surface area (Å²) < 4.78 is 8.24. The third kappa shape index (κ3) is 5.61. The molecule has 0 aliphatic carbocycles. The average molecular weight is 519 g/mol. The highest BCUT2D eigenvalue weighted by molar-refractivity contribution is 5.14. The molecule has 8 bridgehead atoms. The molecule has 0 spiro atoms. The summed E-state index contributed by atoms with van der Waals surface area (Å²) in [7, 11) is 0. The van der Waals surface area contributed by atoms with Crippen LogP contribution in [0.4, 0.5) is 0 Å². The predicted molar refractivity (Wildman–Crippen MR) is 147 cm³/mol. The maximum atomic E-state index is 4.97. The van der Waals surface area contributed by atoms with Gasteiger partial charge in [0.05, 0.1) is 22.8 Å². The molecule has 0 unspecified atom stereocenters. The number of fused-ring (bicyclic) bond motifs is 8. The molecule has 204 valence electrons. The highest BCUT2D eigenvalue weighted by Gasteiger charge is 2.19. The van der Waals surface area contributed by atoms with E-state index >= 15 is 0 Å². The van der Waals surface area contributed by atoms with Crippen molar-refractivity contribution in [1.29, 1.82) is 0 Å². The summed E-state index contributed by atoms with van der Waals surface area (Å²) in [6.07, 6.45) is 0. The monoisotopic (exact) mass is 518 g/mol. The topological polar surface area (TPSA) is 77.8 Å². The first kappa shape index (κ1) is 26.4. The van der Waals surface area contributed by atoms with E-state index in [9.17, 15) is 0 Å². The number of rotatable bonds is 2. The fourth-order valence-corrected chi connectivity index (χ4v) is 5.12. The molecule has 1 aliphatic rings. The van der Waals surface area contributed by atoms with Crippen LogP contribution in [0.3, 0.4) is 0 Å². The van der Waals surface area contributed by atoms with Crippen LogP contribution in [-0.4, -0.2) is 61.0 Å². The fourth-order valence-electron chi connectivity index (χ4n) is 5.12. The predicted octanol–water partition coefficient (Wildman–Crippen LogP) is 3.85. The lowest BCUT2D eigenvalue weighted by molar-refractivity contribution is 0.196. The molecule has 0 fully saturated rings. The van der Waals surface area contributed by atoms with Gasteiger partial charge < -0.3 is 0 Å². The van der Waals surface area contributed by atoms with E-state index in [1.54, 1.807) is 0 Å². The summed E-state index contributed by atoms with van der Waals surface area (Å²) in [5.41, 5.74) is 8.82. The van der Waals surface area contributed by atoms with E-state index in [0.717, 1.165) is 71.7 Å². The van der Waals surface area contributed by atoms with E-state index in [1.165, 1.54) is 0 Å². The molecule has 5 rings (SSSR count). The van der Waals surface area contributed by atoms with Gasteiger partial charge in [0.2, 0.25) is 0 Å². The summed E-state index contributed by atoms with van der Waals surface area (Å²) in [5.74, 6) is 0. The molecule has 5 heterocycles. The Morgan fingerprint density at radius 3 is 0.921 bits per heavy atom. The molecule has 1 aliphatic heterocycles. The third-order valence-electron chi connectivity index (χ3n) is 7.58. The Balaban J connectivity index is 1.53. The minimum absolute atomic E-state index is 0.361. The van der Waals surface area contributed by atoms with Crippen LogP contribution >= 0.6 is 0 Å². The van der Waals surface area contributed by atoms with Gasteiger partial charge in [0.25, 0.3) is 0 Å². The molecule has 0 saturated heterocycles. The van der Waals surface area contributed by atoms with Crippen LogP contribution in [0.15, 0.2) is 24.3 Å². The second kappa shape index (κ2) is 10.5. The van der Waals surface area contributed by atoms with Crippen molar-refractivity contribution in [1.82, 2.24) is 48.9 Å². The SMILES string of the molecule is Cc1cc2nn1Cn1nc(cc1C)CN(C(C)C)Cc1cc(C)n(n1)Cn1nc(cc1C)CN(C(C)C)C2. The molecule has 0 atom stereocenters. The number of hydrogen-bond acceptors (Lipinski definition) is 6. The van der Waals surface area contributed by atoms with Crippen molar-refractivity contribution in [3.63, 3.8) is 0 Å². The van der Waals surface area contributed by atoms with E-state index in [0.29, 0.717) is 25.4 Å². The molecule has 0 N–H and O–H groups in total. The van der Waals surface area contributed by atoms with Crippen molar-refractivity contribution in [2.45, 2.75) is 107 Å². The normalized spacial score (nSPS) is 16.1. The Kier molecular flexibility index (Phi) is 7.28. The van der Waals surface area contributed by atoms with Crippen LogP contribution in [0.5, 0.6) is 0 Å². The van der Waals surface area contributed by atoms with Crippen molar-refractivity contribution >= 4 is 0 Å². The zero-order chi connectivity index (χ0) is 27.1. The molecule has 0 radical (unpaired) electrons. The Labute approximate surface area is 225 Å². The van der Waals surface area contributed by atoms with Crippen molar-refractivity contribution in [2.75, 3.05) is 0 Å². The Morgan fingerprint density at radius 2 is 0.711 bits per heavy atom. The largest absolute Gasteiger partial charge is 0.289 e. The van der Waals surface area contributed by atoms with E-state index in [4.69, 9.17) is 20.4 Å². The first-order valence-electron chi connectivity index (χ1n) is 13.7. The van der Waals surface area contributed by atoms with Gasteiger partial charge in [0.15, 0.2) is 0 Å². The minimum atomic E-state index is 0.361. The van der Waals surface area contributed by atoms with Crippen molar-refractivity contribution < 1.29 is 0 Å². The molecular formula is C28H42N10. The lowest BCUT2D eigenvalue weighted by Gasteiger charge is -2.24. The van der Waals surface area contributed by atoms with Crippen LogP contribution in [-0.2, 0) is 39.5 Å². The molecule has 10 nitrogen and oxygen atoms in total. The molecular weight excluding hydrogens is 476 g/mol. The summed E-state index contributed by atoms with van der Waals surface area (Å²) in [4.78, 5) is 4.84. The molecule has 10 heteroatoms. The smallest absolute Gasteiger partial charge is 0.133 e. The van der Waals surface area contributed by atoms with Gasteiger partial charge in [-0.1, -0.05) is 0 Å². The Bertz CT molecular complexity index is 1200. The van der Waals surface area contributed by atoms with Crippen molar-refractivity contribution in [3.05, 3.63) is 69.8 Å². The van der Waals surface area contributed by atoms with Gasteiger partial charge in [-0.2, -0.15) is 20.4 Å². The number of nitrogens with zero attached hydrogens (tertiary/aromatic N) is 10. The minimum Gasteiger partial charge on any atom is -0.289 e. The average Bonchev–Trinajstić information content (AvgIpc) is 3.56. The summed E-state index contributed by atoms with van der Waals surface area (Å²) in [5, 5.41) is 19.9. The standard InChI is InChI=1S/C28H42N10/c1-19(2)33-13-25-9-21(5)35(29-25)17-37-23(7)11-27(31-37)15-34(20(3)4)16-28-12-24(8)38(32-28)18-36-22(6)10-26(14-33)30-36/h9-12,19-20H,13-18H2,1-8H3. The van der Waals surface area contributed by atoms with Crippen molar-refractivity contribution in [3.8, 4) is 0 Å². The van der Waals surface area contributed by atoms with Gasteiger partial charge in [0.1, 0.15) is 13.3 Å². The molecule has 0 amide bonds. The zero-order valence-electron chi connectivity index (χ0n) is 24.2. The van der Waals surface area contributed by atoms with Gasteiger partial charge in [0, 0.05) is 61.0 Å². The summed E-state index contributed by atoms with van der Waals surface area (Å²) >= 11 is 0. The van der Waals surface area contributed by atoms with Gasteiger partial charge in [-0.05, 0) is 79.7 Å². The number of aromatic nitrogens is 8. The lowest BCUT2D eigenvalue weighted by Crippen LogP contribution is -2.30. The maximum absolute atomic E-state index is 4.97. The van der Waals surface area contributed by atoms with Crippen LogP contribution in [0, 0.1) is 27.7 Å². The van der Waals surface area contributed by atoms with Gasteiger partial charge >= 0.3 is 0 Å². The van der Waals surface area contributed by atoms with Crippen LogP contribution in [0.2, 0.25) is 0 Å². The second-order valence-electron chi connectivity index (χ2n) is 11.4. The first-order chi connectivity index (χ1) is 18.0. The fraction of sp³-hybridized carbons (Fsp3) is 0.571. The third-order valence-corrected chi connectivity index (χ3v) is 7.58. The highest BCUT2D eigenvalue weighted by Crippen LogP contribution is 2.18. The second-order valence-corrected chi connectivity index (χ2v) is 11.4. The number of aryl methyl sites for hydroxylation is 4. The lowest BCUT2D eigenvalue weighted by atomic mass is 10.2. The molecule has 4 aromatic rings. The first-order valence-corrected chi connectivity index (χ1v) is 13.7. The van der Waals surface area contributed by atoms with E-state index in [2.05, 4.69) is 108 Å². The Morgan fingerprint density at radius 1 is 0.474 bits per heavy atom. The summed E-state index contributed by atoms with van der Waals surface area (Å²) in [6, 6.07) is 9.50. The van der Waals surface area contributed by atoms with Crippen molar-refractivity contribution in [2.24, 2.45) is 0 Å². The van der Waals surface area contributed by atoms with Gasteiger partial charge in [-0.25, -0.2) is 18.7 Å². The molecule has 4 aromatic heterocycles. The molecule has 0 saturated carbocycles. The Hall–Kier alpha value is -3.24. The summed E-state index contributed by atoms with van der Waals surface area (Å²) in [6.45, 7) is 21.7. The molecule has 38 heavy (non-hydrogen) atoms. The van der Waals surface area contributed by atoms with Crippen LogP contribution in [0.1, 0.15) is 73.2 Å². The van der Waals surface area contributed by atoms with E-state index < -0.39 is 0 Å². The molecule has 0 aromatic carbocycles. The highest BCUT2D eigenvalue weighted by atomic mass is 15.4.